The number of benzene rings is 3. The van der Waals surface area contributed by atoms with E-state index in [1.165, 1.54) is 11.7 Å². The van der Waals surface area contributed by atoms with Crippen molar-refractivity contribution >= 4 is 45.5 Å². The van der Waals surface area contributed by atoms with Crippen molar-refractivity contribution in [3.05, 3.63) is 71.8 Å². The molecule has 9 heteroatoms. The maximum absolute atomic E-state index is 12.5. The van der Waals surface area contributed by atoms with Crippen LogP contribution in [0, 0.1) is 0 Å². The van der Waals surface area contributed by atoms with Crippen LogP contribution in [0.1, 0.15) is 18.1 Å². The van der Waals surface area contributed by atoms with Crippen LogP contribution in [-0.4, -0.2) is 31.2 Å². The molecule has 3 aromatic carbocycles. The fourth-order valence-corrected chi connectivity index (χ4v) is 4.52. The number of aliphatic hydroxyl groups is 1. The van der Waals surface area contributed by atoms with Crippen LogP contribution in [0.4, 0.5) is 10.5 Å². The molecule has 0 fully saturated rings. The predicted molar refractivity (Wildman–Crippen MR) is 132 cm³/mol. The molecular formula is C25H22N4O4S. The van der Waals surface area contributed by atoms with Crippen LogP contribution in [0.15, 0.2) is 60.7 Å². The molecule has 0 aliphatic heterocycles. The summed E-state index contributed by atoms with van der Waals surface area (Å²) in [4.78, 5) is 12.5. The van der Waals surface area contributed by atoms with Crippen LogP contribution in [0.25, 0.3) is 33.1 Å². The predicted octanol–water partition coefficient (Wildman–Crippen LogP) is 4.97. The summed E-state index contributed by atoms with van der Waals surface area (Å²) in [5, 5.41) is 10.3. The minimum Gasteiger partial charge on any atom is -0.434 e. The van der Waals surface area contributed by atoms with E-state index in [2.05, 4.69) is 8.75 Å². The third kappa shape index (κ3) is 4.07. The Morgan fingerprint density at radius 3 is 2.56 bits per heavy atom. The summed E-state index contributed by atoms with van der Waals surface area (Å²) in [6, 6.07) is 18.9. The second kappa shape index (κ2) is 9.12. The minimum absolute atomic E-state index is 0.0604. The van der Waals surface area contributed by atoms with Gasteiger partial charge >= 0.3 is 6.16 Å². The van der Waals surface area contributed by atoms with Gasteiger partial charge in [0.2, 0.25) is 5.88 Å². The molecule has 8 nitrogen and oxygen atoms in total. The smallest absolute Gasteiger partial charge is 0.434 e. The van der Waals surface area contributed by atoms with Crippen LogP contribution >= 0.6 is 11.7 Å². The van der Waals surface area contributed by atoms with Crippen molar-refractivity contribution < 1.29 is 19.4 Å². The van der Waals surface area contributed by atoms with Crippen molar-refractivity contribution in [3.63, 3.8) is 0 Å². The number of anilines is 1. The van der Waals surface area contributed by atoms with Gasteiger partial charge in [-0.05, 0) is 53.9 Å². The number of hydrogen-bond donors (Lipinski definition) is 2. The summed E-state index contributed by atoms with van der Waals surface area (Å²) in [6.07, 6.45) is -0.785. The lowest BCUT2D eigenvalue weighted by Gasteiger charge is -2.13. The van der Waals surface area contributed by atoms with Crippen LogP contribution in [0.2, 0.25) is 0 Å². The summed E-state index contributed by atoms with van der Waals surface area (Å²) in [5.74, 6) is 0.354. The molecule has 172 valence electrons. The van der Waals surface area contributed by atoms with E-state index in [1.54, 1.807) is 6.92 Å². The van der Waals surface area contributed by atoms with Crippen molar-refractivity contribution in [1.82, 2.24) is 13.3 Å². The van der Waals surface area contributed by atoms with Gasteiger partial charge in [-0.2, -0.15) is 8.75 Å². The van der Waals surface area contributed by atoms with Crippen molar-refractivity contribution in [2.45, 2.75) is 20.1 Å². The molecule has 3 N–H and O–H groups in total. The number of nitrogens with zero attached hydrogens (tertiary/aromatic N) is 3. The van der Waals surface area contributed by atoms with Gasteiger partial charge in [-0.25, -0.2) is 4.79 Å². The summed E-state index contributed by atoms with van der Waals surface area (Å²) in [5.41, 5.74) is 12.5. The molecule has 0 aliphatic carbocycles. The lowest BCUT2D eigenvalue weighted by molar-refractivity contribution is 0.101. The molecule has 0 atom stereocenters. The van der Waals surface area contributed by atoms with Crippen molar-refractivity contribution in [2.24, 2.45) is 0 Å². The fourth-order valence-electron chi connectivity index (χ4n) is 4.00. The molecule has 34 heavy (non-hydrogen) atoms. The number of carbonyl (C=O) groups is 1. The van der Waals surface area contributed by atoms with Crippen molar-refractivity contribution in [2.75, 3.05) is 12.3 Å². The van der Waals surface area contributed by atoms with Crippen LogP contribution in [0.3, 0.4) is 0 Å². The SMILES string of the molecule is CCOC(=O)Oc1c(-c2ccc(CO)cc2)c2cc(N)ccc2n1Cc1ccc2nsnc2c1. The highest BCUT2D eigenvalue weighted by Gasteiger charge is 2.23. The van der Waals surface area contributed by atoms with Crippen molar-refractivity contribution in [1.29, 1.82) is 0 Å². The molecule has 5 rings (SSSR count). The monoisotopic (exact) mass is 474 g/mol. The molecule has 0 radical (unpaired) electrons. The Hall–Kier alpha value is -3.95. The van der Waals surface area contributed by atoms with E-state index in [-0.39, 0.29) is 13.2 Å². The number of fused-ring (bicyclic) bond motifs is 2. The molecule has 0 bridgehead atoms. The summed E-state index contributed by atoms with van der Waals surface area (Å²) in [6.45, 7) is 2.29. The molecule has 5 aromatic rings. The zero-order chi connectivity index (χ0) is 23.7. The van der Waals surface area contributed by atoms with Gasteiger partial charge in [0.1, 0.15) is 11.0 Å². The van der Waals surface area contributed by atoms with Gasteiger partial charge in [0.15, 0.2) is 0 Å². The summed E-state index contributed by atoms with van der Waals surface area (Å²) >= 11 is 1.17. The summed E-state index contributed by atoms with van der Waals surface area (Å²) in [7, 11) is 0. The lowest BCUT2D eigenvalue weighted by Crippen LogP contribution is -2.14. The number of aromatic nitrogens is 3. The van der Waals surface area contributed by atoms with E-state index in [0.717, 1.165) is 44.2 Å². The highest BCUT2D eigenvalue weighted by atomic mass is 32.1. The first-order valence-electron chi connectivity index (χ1n) is 10.7. The quantitative estimate of drug-likeness (QED) is 0.264. The molecule has 2 aromatic heterocycles. The first-order chi connectivity index (χ1) is 16.6. The molecule has 0 aliphatic rings. The molecule has 0 spiro atoms. The maximum atomic E-state index is 12.5. The lowest BCUT2D eigenvalue weighted by atomic mass is 10.0. The number of hydrogen-bond acceptors (Lipinski definition) is 8. The topological polar surface area (TPSA) is 112 Å². The second-order valence-corrected chi connectivity index (χ2v) is 8.30. The average molecular weight is 475 g/mol. The van der Waals surface area contributed by atoms with E-state index >= 15 is 0 Å². The zero-order valence-corrected chi connectivity index (χ0v) is 19.2. The third-order valence-electron chi connectivity index (χ3n) is 5.57. The third-order valence-corrected chi connectivity index (χ3v) is 6.12. The van der Waals surface area contributed by atoms with Gasteiger partial charge in [0.25, 0.3) is 0 Å². The Balaban J connectivity index is 1.72. The second-order valence-electron chi connectivity index (χ2n) is 7.77. The normalized spacial score (nSPS) is 11.2. The number of nitrogen functional groups attached to an aromatic ring is 1. The van der Waals surface area contributed by atoms with Gasteiger partial charge in [-0.15, -0.1) is 0 Å². The Kier molecular flexibility index (Phi) is 5.87. The first-order valence-corrected chi connectivity index (χ1v) is 11.5. The van der Waals surface area contributed by atoms with Gasteiger partial charge in [0.05, 0.1) is 42.6 Å². The van der Waals surface area contributed by atoms with Gasteiger partial charge in [0, 0.05) is 11.1 Å². The summed E-state index contributed by atoms with van der Waals surface area (Å²) < 4.78 is 21.4. The van der Waals surface area contributed by atoms with E-state index < -0.39 is 6.16 Å². The van der Waals surface area contributed by atoms with Gasteiger partial charge in [-0.1, -0.05) is 30.3 Å². The van der Waals surface area contributed by atoms with E-state index in [9.17, 15) is 9.90 Å². The largest absolute Gasteiger partial charge is 0.515 e. The average Bonchev–Trinajstić information content (AvgIpc) is 3.41. The fraction of sp³-hybridized carbons (Fsp3) is 0.160. The Morgan fingerprint density at radius 2 is 1.79 bits per heavy atom. The van der Waals surface area contributed by atoms with Gasteiger partial charge < -0.3 is 24.9 Å². The number of nitrogens with two attached hydrogens (primary N) is 1. The van der Waals surface area contributed by atoms with E-state index in [0.29, 0.717) is 18.1 Å². The number of rotatable bonds is 6. The van der Waals surface area contributed by atoms with Crippen LogP contribution in [-0.2, 0) is 17.9 Å². The Labute approximate surface area is 199 Å². The Bertz CT molecular complexity index is 1490. The van der Waals surface area contributed by atoms with E-state index in [1.807, 2.05) is 65.2 Å². The number of aliphatic hydroxyl groups excluding tert-OH is 1. The maximum Gasteiger partial charge on any atom is 0.515 e. The number of carbonyl (C=O) groups excluding carboxylic acids is 1. The molecule has 0 amide bonds. The molecule has 0 saturated carbocycles. The van der Waals surface area contributed by atoms with Crippen LogP contribution < -0.4 is 10.5 Å². The molecule has 0 saturated heterocycles. The number of ether oxygens (including phenoxy) is 2. The highest BCUT2D eigenvalue weighted by molar-refractivity contribution is 7.00. The Morgan fingerprint density at radius 1 is 1.03 bits per heavy atom. The highest BCUT2D eigenvalue weighted by Crippen LogP contribution is 2.42. The molecule has 0 unspecified atom stereocenters. The molecular weight excluding hydrogens is 452 g/mol. The van der Waals surface area contributed by atoms with Gasteiger partial charge in [-0.3, -0.25) is 0 Å². The van der Waals surface area contributed by atoms with Crippen LogP contribution in [0.5, 0.6) is 5.88 Å². The van der Waals surface area contributed by atoms with Crippen molar-refractivity contribution in [3.8, 4) is 17.0 Å². The van der Waals surface area contributed by atoms with E-state index in [4.69, 9.17) is 15.2 Å². The zero-order valence-electron chi connectivity index (χ0n) is 18.4. The standard InChI is InChI=1S/C25H22N4O4S/c1-2-32-25(31)33-24-23(17-6-3-15(14-30)4-7-17)19-12-18(26)8-10-22(19)29(24)13-16-5-9-20-21(11-16)28-34-27-20/h3-12,30H,2,13-14,26H2,1H3. The molecule has 2 heterocycles. The minimum atomic E-state index is -0.785. The first kappa shape index (κ1) is 21.9.